The third kappa shape index (κ3) is 5.51. The number of anilines is 2. The lowest BCUT2D eigenvalue weighted by Crippen LogP contribution is -2.33. The Kier molecular flexibility index (Phi) is 7.38. The molecule has 2 aliphatic heterocycles. The van der Waals surface area contributed by atoms with Crippen LogP contribution in [0.3, 0.4) is 0 Å². The number of rotatable bonds is 6. The average molecular weight is 481 g/mol. The first-order valence-electron chi connectivity index (χ1n) is 11.1. The predicted molar refractivity (Wildman–Crippen MR) is 129 cm³/mol. The fraction of sp³-hybridized carbons (Fsp3) is 0.320. The van der Waals surface area contributed by atoms with Crippen LogP contribution in [0.15, 0.2) is 63.9 Å². The number of cyclic esters (lactones) is 1. The van der Waals surface area contributed by atoms with Crippen LogP contribution in [0.4, 0.5) is 20.6 Å². The number of nitrogens with zero attached hydrogens (tertiary/aromatic N) is 3. The van der Waals surface area contributed by atoms with Crippen molar-refractivity contribution in [2.75, 3.05) is 36.0 Å². The van der Waals surface area contributed by atoms with Crippen LogP contribution in [0.5, 0.6) is 0 Å². The fourth-order valence-corrected chi connectivity index (χ4v) is 4.96. The molecule has 9 heteroatoms. The molecule has 0 aliphatic carbocycles. The molecule has 1 unspecified atom stereocenters. The van der Waals surface area contributed by atoms with E-state index in [4.69, 9.17) is 4.74 Å². The Labute approximate surface area is 202 Å². The molecule has 34 heavy (non-hydrogen) atoms. The van der Waals surface area contributed by atoms with E-state index in [0.29, 0.717) is 42.2 Å². The van der Waals surface area contributed by atoms with Crippen LogP contribution in [-0.2, 0) is 9.53 Å². The highest BCUT2D eigenvalue weighted by Crippen LogP contribution is 2.35. The molecule has 0 spiro atoms. The molecular weight excluding hydrogens is 455 g/mol. The van der Waals surface area contributed by atoms with Crippen molar-refractivity contribution >= 4 is 35.1 Å². The molecule has 2 aromatic rings. The summed E-state index contributed by atoms with van der Waals surface area (Å²) in [7, 11) is 0. The van der Waals surface area contributed by atoms with Crippen molar-refractivity contribution in [2.45, 2.75) is 30.8 Å². The number of thioether (sulfide) groups is 1. The largest absolute Gasteiger partial charge is 0.442 e. The maximum atomic E-state index is 15.0. The molecule has 176 valence electrons. The number of ether oxygens (including phenoxy) is 1. The number of amides is 2. The van der Waals surface area contributed by atoms with Crippen LogP contribution in [-0.4, -0.2) is 44.3 Å². The van der Waals surface area contributed by atoms with E-state index < -0.39 is 18.0 Å². The van der Waals surface area contributed by atoms with E-state index in [2.05, 4.69) is 11.4 Å². The molecule has 7 nitrogen and oxygen atoms in total. The van der Waals surface area contributed by atoms with Crippen molar-refractivity contribution in [2.24, 2.45) is 0 Å². The molecule has 0 saturated carbocycles. The second-order valence-corrected chi connectivity index (χ2v) is 9.22. The number of benzene rings is 2. The monoisotopic (exact) mass is 480 g/mol. The Morgan fingerprint density at radius 1 is 1.24 bits per heavy atom. The molecule has 0 aromatic heterocycles. The van der Waals surface area contributed by atoms with Gasteiger partial charge in [0.2, 0.25) is 5.91 Å². The van der Waals surface area contributed by atoms with Crippen LogP contribution >= 0.6 is 11.8 Å². The molecule has 1 atom stereocenters. The first-order valence-corrected chi connectivity index (χ1v) is 11.9. The number of hydrogen-bond acceptors (Lipinski definition) is 6. The highest BCUT2D eigenvalue weighted by Gasteiger charge is 2.33. The Morgan fingerprint density at radius 2 is 1.97 bits per heavy atom. The summed E-state index contributed by atoms with van der Waals surface area (Å²) in [6, 6.07) is 16.8. The molecule has 2 aromatic carbocycles. The van der Waals surface area contributed by atoms with E-state index in [1.165, 1.54) is 29.7 Å². The maximum Gasteiger partial charge on any atom is 0.414 e. The molecule has 2 fully saturated rings. The molecule has 0 bridgehead atoms. The predicted octanol–water partition coefficient (Wildman–Crippen LogP) is 4.46. The van der Waals surface area contributed by atoms with Crippen molar-refractivity contribution in [3.63, 3.8) is 0 Å². The van der Waals surface area contributed by atoms with E-state index in [9.17, 15) is 14.9 Å². The van der Waals surface area contributed by atoms with Gasteiger partial charge in [-0.15, -0.1) is 0 Å². The van der Waals surface area contributed by atoms with Crippen LogP contribution in [0.2, 0.25) is 0 Å². The summed E-state index contributed by atoms with van der Waals surface area (Å²) in [6.07, 6.45) is 0.338. The fourth-order valence-electron chi connectivity index (χ4n) is 4.04. The van der Waals surface area contributed by atoms with Gasteiger partial charge in [0.15, 0.2) is 0 Å². The number of piperidine rings is 1. The quantitative estimate of drug-likeness (QED) is 0.486. The summed E-state index contributed by atoms with van der Waals surface area (Å²) >= 11 is 1.47. The van der Waals surface area contributed by atoms with Gasteiger partial charge >= 0.3 is 6.09 Å². The van der Waals surface area contributed by atoms with Gasteiger partial charge in [0.25, 0.3) is 0 Å². The molecule has 2 heterocycles. The van der Waals surface area contributed by atoms with Crippen LogP contribution in [0.25, 0.3) is 0 Å². The lowest BCUT2D eigenvalue weighted by molar-refractivity contribution is -0.119. The van der Waals surface area contributed by atoms with Crippen molar-refractivity contribution in [1.29, 1.82) is 5.26 Å². The standard InChI is InChI=1S/C25H25FN4O3S/c1-17(31)28-15-20-16-30(25(32)33-20)19-7-8-23(22(26)13-19)29-11-9-18(10-12-29)24(14-27)34-21-5-3-2-4-6-21/h2-8,13,20H,9-12,15-16H2,1H3,(H,28,31). The molecule has 4 rings (SSSR count). The lowest BCUT2D eigenvalue weighted by atomic mass is 10.0. The van der Waals surface area contributed by atoms with E-state index in [0.717, 1.165) is 10.5 Å². The van der Waals surface area contributed by atoms with Crippen molar-refractivity contribution < 1.29 is 18.7 Å². The zero-order chi connectivity index (χ0) is 24.1. The lowest BCUT2D eigenvalue weighted by Gasteiger charge is -2.31. The maximum absolute atomic E-state index is 15.0. The second kappa shape index (κ2) is 10.6. The van der Waals surface area contributed by atoms with E-state index in [1.807, 2.05) is 35.2 Å². The van der Waals surface area contributed by atoms with Crippen molar-refractivity contribution in [3.8, 4) is 6.07 Å². The third-order valence-corrected chi connectivity index (χ3v) is 6.88. The second-order valence-electron chi connectivity index (χ2n) is 8.14. The van der Waals surface area contributed by atoms with Crippen molar-refractivity contribution in [3.05, 3.63) is 64.8 Å². The summed E-state index contributed by atoms with van der Waals surface area (Å²) in [4.78, 5) is 28.4. The van der Waals surface area contributed by atoms with Crippen LogP contribution in [0, 0.1) is 17.1 Å². The summed E-state index contributed by atoms with van der Waals surface area (Å²) in [5.74, 6) is -0.618. The molecule has 1 N–H and O–H groups in total. The number of nitrogens with one attached hydrogen (secondary N) is 1. The molecule has 0 radical (unpaired) electrons. The van der Waals surface area contributed by atoms with Gasteiger partial charge in [-0.1, -0.05) is 30.0 Å². The molecule has 2 amide bonds. The summed E-state index contributed by atoms with van der Waals surface area (Å²) in [5, 5.41) is 12.3. The zero-order valence-corrected chi connectivity index (χ0v) is 19.6. The normalized spacial score (nSPS) is 17.9. The van der Waals surface area contributed by atoms with Gasteiger partial charge in [0, 0.05) is 24.9 Å². The SMILES string of the molecule is CC(=O)NCC1CN(c2ccc(N3CCC(=C(C#N)Sc4ccccc4)CC3)c(F)c2)C(=O)O1. The highest BCUT2D eigenvalue weighted by atomic mass is 32.2. The number of allylic oxidation sites excluding steroid dienone is 1. The Hall–Kier alpha value is -3.51. The number of nitriles is 1. The van der Waals surface area contributed by atoms with Gasteiger partial charge in [0.1, 0.15) is 18.0 Å². The van der Waals surface area contributed by atoms with Gasteiger partial charge in [-0.2, -0.15) is 5.26 Å². The van der Waals surface area contributed by atoms with E-state index in [-0.39, 0.29) is 19.0 Å². The van der Waals surface area contributed by atoms with Crippen LogP contribution < -0.4 is 15.1 Å². The van der Waals surface area contributed by atoms with Gasteiger partial charge in [0.05, 0.1) is 29.4 Å². The van der Waals surface area contributed by atoms with Crippen molar-refractivity contribution in [1.82, 2.24) is 5.32 Å². The summed E-state index contributed by atoms with van der Waals surface area (Å²) in [6.45, 7) is 3.07. The smallest absolute Gasteiger partial charge is 0.414 e. The first kappa shape index (κ1) is 23.6. The average Bonchev–Trinajstić information content (AvgIpc) is 3.22. The van der Waals surface area contributed by atoms with Gasteiger partial charge in [-0.3, -0.25) is 9.69 Å². The minimum Gasteiger partial charge on any atom is -0.442 e. The topological polar surface area (TPSA) is 85.7 Å². The van der Waals surface area contributed by atoms with Crippen LogP contribution in [0.1, 0.15) is 19.8 Å². The minimum atomic E-state index is -0.560. The molecule has 2 aliphatic rings. The van der Waals surface area contributed by atoms with E-state index >= 15 is 4.39 Å². The van der Waals surface area contributed by atoms with Gasteiger partial charge in [-0.05, 0) is 48.7 Å². The number of carbonyl (C=O) groups is 2. The van der Waals surface area contributed by atoms with Gasteiger partial charge < -0.3 is 15.0 Å². The Balaban J connectivity index is 1.40. The number of carbonyl (C=O) groups excluding carboxylic acids is 2. The molecule has 2 saturated heterocycles. The number of hydrogen-bond donors (Lipinski definition) is 1. The Bertz CT molecular complexity index is 1140. The number of halogens is 1. The minimum absolute atomic E-state index is 0.204. The third-order valence-electron chi connectivity index (χ3n) is 5.79. The first-order chi connectivity index (χ1) is 16.4. The summed E-state index contributed by atoms with van der Waals surface area (Å²) < 4.78 is 20.3. The highest BCUT2D eigenvalue weighted by molar-refractivity contribution is 8.03. The summed E-state index contributed by atoms with van der Waals surface area (Å²) in [5.41, 5.74) is 1.98. The zero-order valence-electron chi connectivity index (χ0n) is 18.8. The Morgan fingerprint density at radius 3 is 2.62 bits per heavy atom. The van der Waals surface area contributed by atoms with Gasteiger partial charge in [-0.25, -0.2) is 9.18 Å². The molecular formula is C25H25FN4O3S. The van der Waals surface area contributed by atoms with E-state index in [1.54, 1.807) is 12.1 Å².